The smallest absolute Gasteiger partial charge is 0.410 e. The molecule has 0 aliphatic carbocycles. The minimum atomic E-state index is -0.577. The molecule has 8 nitrogen and oxygen atoms in total. The number of amides is 1. The molecule has 9 heteroatoms. The average Bonchev–Trinajstić information content (AvgIpc) is 2.95. The molecule has 0 atom stereocenters. The number of carbonyl (C=O) groups excluding carboxylic acids is 1. The maximum atomic E-state index is 16.3. The van der Waals surface area contributed by atoms with Gasteiger partial charge in [0.2, 0.25) is 0 Å². The zero-order valence-electron chi connectivity index (χ0n) is 23.4. The fraction of sp³-hybridized carbons (Fsp3) is 0.355. The van der Waals surface area contributed by atoms with Crippen LogP contribution in [0.1, 0.15) is 39.2 Å². The zero-order chi connectivity index (χ0) is 28.6. The molecule has 0 unspecified atom stereocenters. The summed E-state index contributed by atoms with van der Waals surface area (Å²) in [5.74, 6) is 2.64. The number of pyridine rings is 1. The predicted octanol–water partition coefficient (Wildman–Crippen LogP) is 5.81. The number of aromatic nitrogens is 3. The van der Waals surface area contributed by atoms with Crippen LogP contribution in [0.3, 0.4) is 0 Å². The minimum absolute atomic E-state index is 0.0545. The van der Waals surface area contributed by atoms with Gasteiger partial charge >= 0.3 is 12.1 Å². The van der Waals surface area contributed by atoms with Crippen molar-refractivity contribution in [3.8, 4) is 29.6 Å². The predicted molar refractivity (Wildman–Crippen MR) is 154 cm³/mol. The van der Waals surface area contributed by atoms with Crippen LogP contribution in [0, 0.1) is 18.2 Å². The van der Waals surface area contributed by atoms with Crippen molar-refractivity contribution < 1.29 is 18.7 Å². The van der Waals surface area contributed by atoms with Crippen molar-refractivity contribution in [1.29, 1.82) is 0 Å². The highest BCUT2D eigenvalue weighted by Gasteiger charge is 2.30. The number of methoxy groups -OCH3 is 1. The average molecular weight is 542 g/mol. The Balaban J connectivity index is 1.51. The summed E-state index contributed by atoms with van der Waals surface area (Å²) in [6.07, 6.45) is 8.45. The molecule has 5 rings (SSSR count). The quantitative estimate of drug-likeness (QED) is 0.302. The molecule has 1 aliphatic heterocycles. The number of halogens is 1. The van der Waals surface area contributed by atoms with Crippen LogP contribution >= 0.6 is 0 Å². The van der Waals surface area contributed by atoms with E-state index in [1.54, 1.807) is 11.1 Å². The number of ether oxygens (including phenoxy) is 2. The summed E-state index contributed by atoms with van der Waals surface area (Å²) in [7, 11) is 3.36. The molecule has 1 amide bonds. The fourth-order valence-electron chi connectivity index (χ4n) is 5.16. The minimum Gasteiger partial charge on any atom is -0.467 e. The maximum Gasteiger partial charge on any atom is 0.410 e. The molecule has 0 N–H and O–H groups in total. The van der Waals surface area contributed by atoms with Gasteiger partial charge < -0.3 is 19.3 Å². The van der Waals surface area contributed by atoms with Crippen LogP contribution in [0.2, 0.25) is 0 Å². The van der Waals surface area contributed by atoms with Crippen molar-refractivity contribution >= 4 is 33.6 Å². The number of likely N-dealkylation sites (tertiary alicyclic amines) is 1. The summed E-state index contributed by atoms with van der Waals surface area (Å²) in [4.78, 5) is 29.7. The Kier molecular flexibility index (Phi) is 7.19. The van der Waals surface area contributed by atoms with Crippen LogP contribution in [-0.2, 0) is 4.74 Å². The first kappa shape index (κ1) is 27.1. The molecule has 1 saturated heterocycles. The van der Waals surface area contributed by atoms with Crippen molar-refractivity contribution in [3.05, 3.63) is 54.0 Å². The zero-order valence-corrected chi connectivity index (χ0v) is 23.4. The maximum absolute atomic E-state index is 16.3. The fourth-order valence-corrected chi connectivity index (χ4v) is 5.16. The van der Waals surface area contributed by atoms with E-state index in [9.17, 15) is 4.79 Å². The number of carbonyl (C=O) groups is 1. The normalized spacial score (nSPS) is 14.3. The molecule has 0 radical (unpaired) electrons. The second kappa shape index (κ2) is 10.6. The molecule has 0 spiro atoms. The van der Waals surface area contributed by atoms with Gasteiger partial charge in [-0.2, -0.15) is 9.97 Å². The SMILES string of the molecule is C#Cc1cccc2cccc(-c3ncc4c(N(C)C5CCN(C(=O)OC(C)(C)C)CC5)nc(OC)nc4c3F)c12. The van der Waals surface area contributed by atoms with Gasteiger partial charge in [0.25, 0.3) is 0 Å². The number of anilines is 1. The summed E-state index contributed by atoms with van der Waals surface area (Å²) in [5.41, 5.74) is 0.965. The number of fused-ring (bicyclic) bond motifs is 2. The van der Waals surface area contributed by atoms with Crippen molar-refractivity contribution in [3.63, 3.8) is 0 Å². The second-order valence-electron chi connectivity index (χ2n) is 10.9. The summed E-state index contributed by atoms with van der Waals surface area (Å²) in [6, 6.07) is 11.4. The highest BCUT2D eigenvalue weighted by atomic mass is 19.1. The Labute approximate surface area is 233 Å². The summed E-state index contributed by atoms with van der Waals surface area (Å²) in [6.45, 7) is 6.64. The van der Waals surface area contributed by atoms with Crippen molar-refractivity contribution in [2.24, 2.45) is 0 Å². The van der Waals surface area contributed by atoms with Crippen LogP contribution in [0.4, 0.5) is 15.0 Å². The summed E-state index contributed by atoms with van der Waals surface area (Å²) < 4.78 is 27.2. The van der Waals surface area contributed by atoms with Gasteiger partial charge in [-0.3, -0.25) is 4.98 Å². The summed E-state index contributed by atoms with van der Waals surface area (Å²) in [5, 5.41) is 2.12. The molecule has 2 aromatic carbocycles. The van der Waals surface area contributed by atoms with Gasteiger partial charge in [0.1, 0.15) is 22.6 Å². The van der Waals surface area contributed by atoms with Gasteiger partial charge in [0.05, 0.1) is 12.5 Å². The van der Waals surface area contributed by atoms with Crippen molar-refractivity contribution in [1.82, 2.24) is 19.9 Å². The van der Waals surface area contributed by atoms with E-state index >= 15 is 4.39 Å². The molecular formula is C31H32FN5O3. The topological polar surface area (TPSA) is 80.7 Å². The summed E-state index contributed by atoms with van der Waals surface area (Å²) >= 11 is 0. The molecule has 40 heavy (non-hydrogen) atoms. The number of rotatable bonds is 4. The number of nitrogens with zero attached hydrogens (tertiary/aromatic N) is 5. The lowest BCUT2D eigenvalue weighted by Gasteiger charge is -2.38. The first-order valence-electron chi connectivity index (χ1n) is 13.2. The van der Waals surface area contributed by atoms with E-state index < -0.39 is 11.4 Å². The Morgan fingerprint density at radius 1 is 1.15 bits per heavy atom. The van der Waals surface area contributed by atoms with Crippen LogP contribution in [0.5, 0.6) is 6.01 Å². The Hall–Kier alpha value is -4.45. The molecule has 2 aromatic heterocycles. The third-order valence-corrected chi connectivity index (χ3v) is 7.14. The van der Waals surface area contributed by atoms with Crippen molar-refractivity contribution in [2.45, 2.75) is 45.3 Å². The van der Waals surface area contributed by atoms with Crippen LogP contribution in [0.15, 0.2) is 42.6 Å². The monoisotopic (exact) mass is 541 g/mol. The van der Waals surface area contributed by atoms with E-state index in [1.807, 2.05) is 69.1 Å². The highest BCUT2D eigenvalue weighted by Crippen LogP contribution is 2.36. The third kappa shape index (κ3) is 5.09. The molecule has 1 fully saturated rings. The molecule has 1 aliphatic rings. The van der Waals surface area contributed by atoms with Gasteiger partial charge in [-0.25, -0.2) is 9.18 Å². The van der Waals surface area contributed by atoms with Crippen LogP contribution < -0.4 is 9.64 Å². The molecule has 206 valence electrons. The van der Waals surface area contributed by atoms with E-state index in [2.05, 4.69) is 20.9 Å². The molecule has 4 aromatic rings. The van der Waals surface area contributed by atoms with Gasteiger partial charge in [0.15, 0.2) is 5.82 Å². The van der Waals surface area contributed by atoms with Gasteiger partial charge in [0, 0.05) is 48.9 Å². The van der Waals surface area contributed by atoms with E-state index in [4.69, 9.17) is 15.9 Å². The van der Waals surface area contributed by atoms with E-state index in [1.165, 1.54) is 7.11 Å². The van der Waals surface area contributed by atoms with Gasteiger partial charge in [-0.15, -0.1) is 6.42 Å². The number of hydrogen-bond donors (Lipinski definition) is 0. The van der Waals surface area contributed by atoms with Gasteiger partial charge in [-0.05, 0) is 45.1 Å². The molecule has 0 bridgehead atoms. The van der Waals surface area contributed by atoms with Crippen LogP contribution in [-0.4, -0.2) is 64.8 Å². The van der Waals surface area contributed by atoms with E-state index in [0.29, 0.717) is 48.3 Å². The number of benzene rings is 2. The third-order valence-electron chi connectivity index (χ3n) is 7.14. The Bertz CT molecular complexity index is 1630. The molecular weight excluding hydrogens is 509 g/mol. The number of hydrogen-bond acceptors (Lipinski definition) is 7. The Morgan fingerprint density at radius 3 is 2.50 bits per heavy atom. The molecule has 0 saturated carbocycles. The Morgan fingerprint density at radius 2 is 1.85 bits per heavy atom. The number of piperidine rings is 1. The van der Waals surface area contributed by atoms with E-state index in [-0.39, 0.29) is 29.4 Å². The van der Waals surface area contributed by atoms with E-state index in [0.717, 1.165) is 10.8 Å². The lowest BCUT2D eigenvalue weighted by atomic mass is 9.96. The lowest BCUT2D eigenvalue weighted by molar-refractivity contribution is 0.0205. The standard InChI is InChI=1S/C31H32FN5O3/c1-7-19-10-8-11-20-12-9-13-22(24(19)20)26-25(32)27-23(18-33-26)28(35-29(34-27)39-6)36(5)21-14-16-37(17-15-21)30(38)40-31(2,3)4/h1,8-13,18,21H,14-17H2,2-6H3. The molecule has 3 heterocycles. The largest absolute Gasteiger partial charge is 0.467 e. The second-order valence-corrected chi connectivity index (χ2v) is 10.9. The van der Waals surface area contributed by atoms with Gasteiger partial charge in [-0.1, -0.05) is 36.3 Å². The first-order chi connectivity index (χ1) is 19.1. The highest BCUT2D eigenvalue weighted by molar-refractivity contribution is 6.02. The number of terminal acetylenes is 1. The van der Waals surface area contributed by atoms with Crippen LogP contribution in [0.25, 0.3) is 32.9 Å². The van der Waals surface area contributed by atoms with Crippen molar-refractivity contribution in [2.75, 3.05) is 32.1 Å². The lowest BCUT2D eigenvalue weighted by Crippen LogP contribution is -2.47. The first-order valence-corrected chi connectivity index (χ1v) is 13.2.